The zero-order valence-electron chi connectivity index (χ0n) is 11.6. The molecule has 6 heteroatoms. The van der Waals surface area contributed by atoms with Crippen LogP contribution in [-0.4, -0.2) is 35.7 Å². The Morgan fingerprint density at radius 2 is 2.05 bits per heavy atom. The Bertz CT molecular complexity index is 520. The van der Waals surface area contributed by atoms with E-state index in [1.54, 1.807) is 11.8 Å². The standard InChI is InChI=1S/C15H18F2N2OS/c16-15(17)8-12(18-10-15)13(20)19-9-14(6-7-14)21-11-4-2-1-3-5-11/h1-5,12,18H,6-10H2,(H,19,20). The molecule has 3 nitrogen and oxygen atoms in total. The number of hydrogen-bond acceptors (Lipinski definition) is 3. The number of nitrogens with one attached hydrogen (secondary N) is 2. The maximum absolute atomic E-state index is 13.1. The normalized spacial score (nSPS) is 25.5. The van der Waals surface area contributed by atoms with Crippen molar-refractivity contribution >= 4 is 17.7 Å². The zero-order valence-corrected chi connectivity index (χ0v) is 12.4. The van der Waals surface area contributed by atoms with E-state index in [1.165, 1.54) is 4.90 Å². The van der Waals surface area contributed by atoms with E-state index in [9.17, 15) is 13.6 Å². The zero-order chi connectivity index (χ0) is 14.9. The lowest BCUT2D eigenvalue weighted by atomic mass is 10.2. The van der Waals surface area contributed by atoms with Crippen LogP contribution in [0.15, 0.2) is 35.2 Å². The van der Waals surface area contributed by atoms with E-state index in [4.69, 9.17) is 0 Å². The minimum absolute atomic E-state index is 0.0398. The predicted molar refractivity (Wildman–Crippen MR) is 78.6 cm³/mol. The van der Waals surface area contributed by atoms with E-state index >= 15 is 0 Å². The van der Waals surface area contributed by atoms with Crippen LogP contribution in [0.2, 0.25) is 0 Å². The fraction of sp³-hybridized carbons (Fsp3) is 0.533. The van der Waals surface area contributed by atoms with Crippen molar-refractivity contribution in [2.24, 2.45) is 0 Å². The average Bonchev–Trinajstić information content (AvgIpc) is 3.12. The Kier molecular flexibility index (Phi) is 3.92. The summed E-state index contributed by atoms with van der Waals surface area (Å²) >= 11 is 1.76. The van der Waals surface area contributed by atoms with Crippen molar-refractivity contribution in [1.82, 2.24) is 10.6 Å². The molecule has 0 aromatic heterocycles. The van der Waals surface area contributed by atoms with Gasteiger partial charge in [0, 0.05) is 22.6 Å². The van der Waals surface area contributed by atoms with Crippen LogP contribution in [0.25, 0.3) is 0 Å². The quantitative estimate of drug-likeness (QED) is 0.877. The van der Waals surface area contributed by atoms with Gasteiger partial charge in [-0.1, -0.05) is 18.2 Å². The molecule has 1 saturated heterocycles. The van der Waals surface area contributed by atoms with Crippen molar-refractivity contribution in [2.45, 2.75) is 40.9 Å². The first-order chi connectivity index (χ1) is 9.98. The maximum Gasteiger partial charge on any atom is 0.262 e. The number of thioether (sulfide) groups is 1. The summed E-state index contributed by atoms with van der Waals surface area (Å²) in [6, 6.07) is 9.27. The Morgan fingerprint density at radius 3 is 2.62 bits per heavy atom. The molecule has 0 spiro atoms. The van der Waals surface area contributed by atoms with Gasteiger partial charge >= 0.3 is 0 Å². The largest absolute Gasteiger partial charge is 0.353 e. The van der Waals surface area contributed by atoms with Crippen LogP contribution in [0, 0.1) is 0 Å². The second-order valence-electron chi connectivity index (χ2n) is 5.81. The second-order valence-corrected chi connectivity index (χ2v) is 7.35. The highest BCUT2D eigenvalue weighted by molar-refractivity contribution is 8.01. The Hall–Kier alpha value is -1.14. The molecule has 1 saturated carbocycles. The molecule has 1 aliphatic carbocycles. The molecule has 21 heavy (non-hydrogen) atoms. The number of carbonyl (C=O) groups is 1. The highest BCUT2D eigenvalue weighted by Crippen LogP contribution is 2.51. The number of benzene rings is 1. The highest BCUT2D eigenvalue weighted by Gasteiger charge is 2.46. The first kappa shape index (κ1) is 14.8. The molecule has 2 fully saturated rings. The van der Waals surface area contributed by atoms with E-state index in [0.29, 0.717) is 6.54 Å². The van der Waals surface area contributed by atoms with Gasteiger partial charge < -0.3 is 5.32 Å². The number of rotatable bonds is 5. The number of hydrogen-bond donors (Lipinski definition) is 2. The summed E-state index contributed by atoms with van der Waals surface area (Å²) in [6.07, 6.45) is 1.68. The molecule has 2 aliphatic rings. The summed E-state index contributed by atoms with van der Waals surface area (Å²) < 4.78 is 26.2. The topological polar surface area (TPSA) is 41.1 Å². The fourth-order valence-electron chi connectivity index (χ4n) is 2.47. The first-order valence-electron chi connectivity index (χ1n) is 7.11. The maximum atomic E-state index is 13.1. The monoisotopic (exact) mass is 312 g/mol. The average molecular weight is 312 g/mol. The smallest absolute Gasteiger partial charge is 0.262 e. The molecule has 1 unspecified atom stereocenters. The summed E-state index contributed by atoms with van der Waals surface area (Å²) in [7, 11) is 0. The summed E-state index contributed by atoms with van der Waals surface area (Å²) in [4.78, 5) is 13.1. The SMILES string of the molecule is O=C(NCC1(Sc2ccccc2)CC1)C1CC(F)(F)CN1. The molecule has 1 atom stereocenters. The number of halogens is 2. The Balaban J connectivity index is 1.50. The van der Waals surface area contributed by atoms with Crippen molar-refractivity contribution in [2.75, 3.05) is 13.1 Å². The van der Waals surface area contributed by atoms with Gasteiger partial charge in [-0.25, -0.2) is 8.78 Å². The number of alkyl halides is 2. The van der Waals surface area contributed by atoms with Crippen LogP contribution in [0.4, 0.5) is 8.78 Å². The van der Waals surface area contributed by atoms with Gasteiger partial charge in [0.15, 0.2) is 0 Å². The lowest BCUT2D eigenvalue weighted by Gasteiger charge is -2.17. The second kappa shape index (κ2) is 5.57. The third-order valence-electron chi connectivity index (χ3n) is 3.90. The fourth-order valence-corrected chi connectivity index (χ4v) is 3.71. The molecule has 3 rings (SSSR count). The van der Waals surface area contributed by atoms with Crippen molar-refractivity contribution in [3.63, 3.8) is 0 Å². The minimum atomic E-state index is -2.77. The third-order valence-corrected chi connectivity index (χ3v) is 5.39. The molecular formula is C15H18F2N2OS. The first-order valence-corrected chi connectivity index (χ1v) is 7.93. The number of carbonyl (C=O) groups excluding carboxylic acids is 1. The molecule has 2 N–H and O–H groups in total. The van der Waals surface area contributed by atoms with Crippen LogP contribution in [0.1, 0.15) is 19.3 Å². The van der Waals surface area contributed by atoms with Crippen molar-refractivity contribution < 1.29 is 13.6 Å². The Morgan fingerprint density at radius 1 is 1.33 bits per heavy atom. The van der Waals surface area contributed by atoms with Crippen LogP contribution < -0.4 is 10.6 Å². The van der Waals surface area contributed by atoms with Crippen molar-refractivity contribution in [3.8, 4) is 0 Å². The van der Waals surface area contributed by atoms with Crippen LogP contribution >= 0.6 is 11.8 Å². The lowest BCUT2D eigenvalue weighted by Crippen LogP contribution is -2.43. The van der Waals surface area contributed by atoms with Crippen molar-refractivity contribution in [1.29, 1.82) is 0 Å². The summed E-state index contributed by atoms with van der Waals surface area (Å²) in [5.41, 5.74) is 0. The summed E-state index contributed by atoms with van der Waals surface area (Å²) in [6.45, 7) is 0.129. The predicted octanol–water partition coefficient (Wildman–Crippen LogP) is 2.42. The molecule has 1 heterocycles. The molecule has 1 aromatic rings. The van der Waals surface area contributed by atoms with Gasteiger partial charge in [-0.3, -0.25) is 10.1 Å². The molecule has 1 amide bonds. The van der Waals surface area contributed by atoms with E-state index in [2.05, 4.69) is 10.6 Å². The van der Waals surface area contributed by atoms with Gasteiger partial charge in [-0.05, 0) is 25.0 Å². The van der Waals surface area contributed by atoms with E-state index < -0.39 is 24.9 Å². The van der Waals surface area contributed by atoms with E-state index in [-0.39, 0.29) is 10.7 Å². The highest BCUT2D eigenvalue weighted by atomic mass is 32.2. The third kappa shape index (κ3) is 3.74. The van der Waals surface area contributed by atoms with Gasteiger partial charge in [-0.15, -0.1) is 11.8 Å². The lowest BCUT2D eigenvalue weighted by molar-refractivity contribution is -0.123. The summed E-state index contributed by atoms with van der Waals surface area (Å²) in [5, 5.41) is 5.41. The van der Waals surface area contributed by atoms with Gasteiger partial charge in [0.25, 0.3) is 5.92 Å². The molecule has 114 valence electrons. The van der Waals surface area contributed by atoms with Gasteiger partial charge in [0.05, 0.1) is 12.6 Å². The van der Waals surface area contributed by atoms with Gasteiger partial charge in [-0.2, -0.15) is 0 Å². The number of amides is 1. The van der Waals surface area contributed by atoms with E-state index in [0.717, 1.165) is 12.8 Å². The van der Waals surface area contributed by atoms with E-state index in [1.807, 2.05) is 30.3 Å². The van der Waals surface area contributed by atoms with Crippen molar-refractivity contribution in [3.05, 3.63) is 30.3 Å². The molecular weight excluding hydrogens is 294 g/mol. The molecule has 0 bridgehead atoms. The minimum Gasteiger partial charge on any atom is -0.353 e. The molecule has 1 aromatic carbocycles. The Labute approximate surface area is 126 Å². The van der Waals surface area contributed by atoms with Crippen LogP contribution in [0.3, 0.4) is 0 Å². The summed E-state index contributed by atoms with van der Waals surface area (Å²) in [5.74, 6) is -3.08. The van der Waals surface area contributed by atoms with Crippen LogP contribution in [-0.2, 0) is 4.79 Å². The van der Waals surface area contributed by atoms with Gasteiger partial charge in [0.1, 0.15) is 0 Å². The van der Waals surface area contributed by atoms with Gasteiger partial charge in [0.2, 0.25) is 5.91 Å². The molecule has 0 radical (unpaired) electrons. The van der Waals surface area contributed by atoms with Crippen LogP contribution in [0.5, 0.6) is 0 Å². The molecule has 1 aliphatic heterocycles.